The molecular weight excluding hydrogens is 302 g/mol. The quantitative estimate of drug-likeness (QED) is 0.711. The molecule has 0 heterocycles. The number of hydrogen-bond acceptors (Lipinski definition) is 2. The smallest absolute Gasteiger partial charge is 0.228 e. The lowest BCUT2D eigenvalue weighted by Gasteiger charge is -2.18. The second kappa shape index (κ2) is 8.21. The van der Waals surface area contributed by atoms with Gasteiger partial charge in [-0.1, -0.05) is 57.2 Å². The van der Waals surface area contributed by atoms with Crippen LogP contribution in [-0.2, 0) is 4.79 Å². The molecule has 0 radical (unpaired) electrons. The average Bonchev–Trinajstić information content (AvgIpc) is 2.55. The number of amides is 1. The molecule has 2 aromatic rings. The van der Waals surface area contributed by atoms with Crippen molar-refractivity contribution >= 4 is 23.4 Å². The monoisotopic (exact) mass is 327 g/mol. The summed E-state index contributed by atoms with van der Waals surface area (Å²) < 4.78 is 0. The fraction of sp³-hybridized carbons (Fsp3) is 0.350. The summed E-state index contributed by atoms with van der Waals surface area (Å²) in [5, 5.41) is 3.14. The molecule has 0 bridgehead atoms. The number of carbonyl (C=O) groups excluding carboxylic acids is 1. The predicted molar refractivity (Wildman–Crippen MR) is 100 cm³/mol. The van der Waals surface area contributed by atoms with Gasteiger partial charge in [0, 0.05) is 22.3 Å². The lowest BCUT2D eigenvalue weighted by atomic mass is 9.98. The third-order valence-corrected chi connectivity index (χ3v) is 5.14. The molecule has 0 aromatic heterocycles. The van der Waals surface area contributed by atoms with Crippen LogP contribution in [0, 0.1) is 12.8 Å². The molecule has 0 spiro atoms. The van der Waals surface area contributed by atoms with Gasteiger partial charge in [-0.05, 0) is 36.1 Å². The molecule has 0 aliphatic rings. The molecular formula is C20H25NOS. The van der Waals surface area contributed by atoms with Crippen LogP contribution >= 0.6 is 11.8 Å². The van der Waals surface area contributed by atoms with Crippen LogP contribution in [0.25, 0.3) is 0 Å². The molecule has 0 saturated heterocycles. The van der Waals surface area contributed by atoms with E-state index in [1.807, 2.05) is 38.1 Å². The van der Waals surface area contributed by atoms with E-state index in [-0.39, 0.29) is 11.8 Å². The Bertz CT molecular complexity index is 652. The number of benzene rings is 2. The van der Waals surface area contributed by atoms with Crippen molar-refractivity contribution in [2.45, 2.75) is 38.5 Å². The highest BCUT2D eigenvalue weighted by atomic mass is 32.2. The Kier molecular flexibility index (Phi) is 6.28. The molecule has 1 N–H and O–H groups in total. The van der Waals surface area contributed by atoms with Crippen LogP contribution in [-0.4, -0.2) is 11.7 Å². The van der Waals surface area contributed by atoms with Crippen molar-refractivity contribution in [1.82, 2.24) is 0 Å². The van der Waals surface area contributed by atoms with Crippen molar-refractivity contribution in [3.63, 3.8) is 0 Å². The molecule has 0 fully saturated rings. The van der Waals surface area contributed by atoms with Crippen LogP contribution in [0.15, 0.2) is 53.4 Å². The van der Waals surface area contributed by atoms with Crippen molar-refractivity contribution in [1.29, 1.82) is 0 Å². The van der Waals surface area contributed by atoms with E-state index in [1.165, 1.54) is 10.5 Å². The van der Waals surface area contributed by atoms with Crippen LogP contribution in [0.4, 0.5) is 5.69 Å². The zero-order valence-electron chi connectivity index (χ0n) is 14.3. The first kappa shape index (κ1) is 17.6. The Morgan fingerprint density at radius 3 is 2.39 bits per heavy atom. The predicted octanol–water partition coefficient (Wildman–Crippen LogP) is 5.49. The lowest BCUT2D eigenvalue weighted by Crippen LogP contribution is -2.23. The summed E-state index contributed by atoms with van der Waals surface area (Å²) in [6.45, 7) is 8.34. The number of rotatable bonds is 6. The second-order valence-electron chi connectivity index (χ2n) is 6.21. The van der Waals surface area contributed by atoms with E-state index in [1.54, 1.807) is 11.8 Å². The van der Waals surface area contributed by atoms with Gasteiger partial charge >= 0.3 is 0 Å². The maximum absolute atomic E-state index is 12.5. The Morgan fingerprint density at radius 2 is 1.74 bits per heavy atom. The molecule has 0 saturated carbocycles. The zero-order valence-corrected chi connectivity index (χ0v) is 15.1. The molecule has 2 rings (SSSR count). The van der Waals surface area contributed by atoms with Crippen molar-refractivity contribution in [2.75, 3.05) is 11.1 Å². The average molecular weight is 327 g/mol. The van der Waals surface area contributed by atoms with Crippen molar-refractivity contribution in [3.05, 3.63) is 59.7 Å². The van der Waals surface area contributed by atoms with Gasteiger partial charge in [0.1, 0.15) is 0 Å². The van der Waals surface area contributed by atoms with Gasteiger partial charge in [-0.25, -0.2) is 0 Å². The van der Waals surface area contributed by atoms with Crippen molar-refractivity contribution < 1.29 is 4.79 Å². The minimum Gasteiger partial charge on any atom is -0.325 e. The third kappa shape index (κ3) is 4.87. The van der Waals surface area contributed by atoms with Gasteiger partial charge in [0.2, 0.25) is 5.91 Å². The molecule has 1 atom stereocenters. The minimum absolute atomic E-state index is 0.0418. The SMILES string of the molecule is Cc1cccc(C(C)C)c1NC(=O)C(C)CSc1ccccc1. The Balaban J connectivity index is 2.01. The van der Waals surface area contributed by atoms with Gasteiger partial charge in [-0.15, -0.1) is 11.8 Å². The van der Waals surface area contributed by atoms with Crippen LogP contribution in [0.5, 0.6) is 0 Å². The second-order valence-corrected chi connectivity index (χ2v) is 7.30. The van der Waals surface area contributed by atoms with Crippen molar-refractivity contribution in [2.24, 2.45) is 5.92 Å². The number of nitrogens with one attached hydrogen (secondary N) is 1. The number of thioether (sulfide) groups is 1. The fourth-order valence-corrected chi connectivity index (χ4v) is 3.35. The summed E-state index contributed by atoms with van der Waals surface area (Å²) in [5.41, 5.74) is 3.29. The minimum atomic E-state index is -0.0418. The molecule has 122 valence electrons. The first-order chi connectivity index (χ1) is 11.0. The van der Waals surface area contributed by atoms with Crippen LogP contribution < -0.4 is 5.32 Å². The van der Waals surface area contributed by atoms with E-state index in [4.69, 9.17) is 0 Å². The summed E-state index contributed by atoms with van der Waals surface area (Å²) in [4.78, 5) is 13.7. The largest absolute Gasteiger partial charge is 0.325 e. The molecule has 0 aliphatic heterocycles. The summed E-state index contributed by atoms with van der Waals surface area (Å²) in [5.74, 6) is 1.21. The number of aryl methyl sites for hydroxylation is 1. The maximum atomic E-state index is 12.5. The number of para-hydroxylation sites is 1. The summed E-state index contributed by atoms with van der Waals surface area (Å²) in [6.07, 6.45) is 0. The zero-order chi connectivity index (χ0) is 16.8. The number of anilines is 1. The van der Waals surface area contributed by atoms with Gasteiger partial charge < -0.3 is 5.32 Å². The molecule has 0 aliphatic carbocycles. The van der Waals surface area contributed by atoms with Crippen LogP contribution in [0.1, 0.15) is 37.8 Å². The molecule has 1 amide bonds. The Labute approximate surface area is 143 Å². The Morgan fingerprint density at radius 1 is 1.04 bits per heavy atom. The normalized spacial score (nSPS) is 12.2. The summed E-state index contributed by atoms with van der Waals surface area (Å²) in [6, 6.07) is 16.4. The molecule has 2 aromatic carbocycles. The standard InChI is InChI=1S/C20H25NOS/c1-14(2)18-12-8-9-15(3)19(18)21-20(22)16(4)13-23-17-10-6-5-7-11-17/h5-12,14,16H,13H2,1-4H3,(H,21,22). The number of hydrogen-bond donors (Lipinski definition) is 1. The van der Waals surface area contributed by atoms with E-state index in [2.05, 4.69) is 43.4 Å². The third-order valence-electron chi connectivity index (χ3n) is 3.87. The van der Waals surface area contributed by atoms with E-state index in [9.17, 15) is 4.79 Å². The highest BCUT2D eigenvalue weighted by molar-refractivity contribution is 7.99. The first-order valence-electron chi connectivity index (χ1n) is 8.07. The van der Waals surface area contributed by atoms with Gasteiger partial charge in [-0.2, -0.15) is 0 Å². The highest BCUT2D eigenvalue weighted by Crippen LogP contribution is 2.28. The van der Waals surface area contributed by atoms with Crippen LogP contribution in [0.3, 0.4) is 0 Å². The van der Waals surface area contributed by atoms with E-state index in [0.29, 0.717) is 5.92 Å². The maximum Gasteiger partial charge on any atom is 0.228 e. The molecule has 3 heteroatoms. The summed E-state index contributed by atoms with van der Waals surface area (Å²) in [7, 11) is 0. The van der Waals surface area contributed by atoms with Gasteiger partial charge in [0.15, 0.2) is 0 Å². The van der Waals surface area contributed by atoms with Crippen molar-refractivity contribution in [3.8, 4) is 0 Å². The van der Waals surface area contributed by atoms with Crippen LogP contribution in [0.2, 0.25) is 0 Å². The Hall–Kier alpha value is -1.74. The van der Waals surface area contributed by atoms with Gasteiger partial charge in [-0.3, -0.25) is 4.79 Å². The number of carbonyl (C=O) groups is 1. The lowest BCUT2D eigenvalue weighted by molar-refractivity contribution is -0.118. The van der Waals surface area contributed by atoms with Gasteiger partial charge in [0.05, 0.1) is 0 Å². The summed E-state index contributed by atoms with van der Waals surface area (Å²) >= 11 is 1.72. The fourth-order valence-electron chi connectivity index (χ4n) is 2.40. The highest BCUT2D eigenvalue weighted by Gasteiger charge is 2.17. The molecule has 23 heavy (non-hydrogen) atoms. The molecule has 1 unspecified atom stereocenters. The topological polar surface area (TPSA) is 29.1 Å². The molecule has 2 nitrogen and oxygen atoms in total. The first-order valence-corrected chi connectivity index (χ1v) is 9.05. The van der Waals surface area contributed by atoms with E-state index >= 15 is 0 Å². The van der Waals surface area contributed by atoms with E-state index < -0.39 is 0 Å². The van der Waals surface area contributed by atoms with Gasteiger partial charge in [0.25, 0.3) is 0 Å². The van der Waals surface area contributed by atoms with E-state index in [0.717, 1.165) is 17.0 Å².